The summed E-state index contributed by atoms with van der Waals surface area (Å²) in [6, 6.07) is 13.0. The van der Waals surface area contributed by atoms with Crippen LogP contribution in [0.1, 0.15) is 0 Å². The van der Waals surface area contributed by atoms with Crippen LogP contribution in [0.5, 0.6) is 0 Å². The maximum atomic E-state index is 10.8. The minimum Gasteiger partial charge on any atom is -0.355 e. The first kappa shape index (κ1) is 14.1. The number of nitro groups is 1. The Morgan fingerprint density at radius 2 is 1.95 bits per heavy atom. The third kappa shape index (κ3) is 3.60. The van der Waals surface area contributed by atoms with Gasteiger partial charge in [-0.1, -0.05) is 6.07 Å². The van der Waals surface area contributed by atoms with Crippen molar-refractivity contribution in [2.45, 2.75) is 4.90 Å². The van der Waals surface area contributed by atoms with Crippen LogP contribution in [-0.4, -0.2) is 11.2 Å². The van der Waals surface area contributed by atoms with Crippen molar-refractivity contribution >= 4 is 51.4 Å². The highest BCUT2D eigenvalue weighted by atomic mass is 127. The number of hydrogen-bond acceptors (Lipinski definition) is 4. The van der Waals surface area contributed by atoms with Crippen LogP contribution in [0, 0.1) is 13.7 Å². The van der Waals surface area contributed by atoms with E-state index in [-0.39, 0.29) is 10.6 Å². The topological polar surface area (TPSA) is 55.2 Å². The monoisotopic (exact) mass is 386 g/mol. The second kappa shape index (κ2) is 6.25. The Morgan fingerprint density at radius 1 is 1.21 bits per heavy atom. The Bertz CT molecular complexity index is 619. The van der Waals surface area contributed by atoms with Crippen molar-refractivity contribution in [2.24, 2.45) is 0 Å². The molecule has 6 heteroatoms. The summed E-state index contributed by atoms with van der Waals surface area (Å²) in [5.41, 5.74) is 1.94. The standard InChI is InChI=1S/C13H11IN2O2S/c1-19-11-4-2-3-9(7-11)15-10-5-6-13(16(17)18)12(14)8-10/h2-8,15H,1H3. The molecule has 2 aromatic carbocycles. The van der Waals surface area contributed by atoms with E-state index < -0.39 is 0 Å². The van der Waals surface area contributed by atoms with E-state index in [0.29, 0.717) is 3.57 Å². The van der Waals surface area contributed by atoms with Crippen LogP contribution in [0.3, 0.4) is 0 Å². The van der Waals surface area contributed by atoms with E-state index in [4.69, 9.17) is 0 Å². The van der Waals surface area contributed by atoms with Gasteiger partial charge in [-0.3, -0.25) is 10.1 Å². The molecule has 0 aromatic heterocycles. The Labute approximate surface area is 128 Å². The molecule has 1 N–H and O–H groups in total. The molecule has 2 rings (SSSR count). The molecule has 0 aliphatic carbocycles. The van der Waals surface area contributed by atoms with Gasteiger partial charge < -0.3 is 5.32 Å². The zero-order valence-corrected chi connectivity index (χ0v) is 13.1. The van der Waals surface area contributed by atoms with Crippen molar-refractivity contribution in [1.82, 2.24) is 0 Å². The summed E-state index contributed by atoms with van der Waals surface area (Å²) in [6.45, 7) is 0. The fourth-order valence-electron chi connectivity index (χ4n) is 1.60. The van der Waals surface area contributed by atoms with E-state index in [9.17, 15) is 10.1 Å². The summed E-state index contributed by atoms with van der Waals surface area (Å²) < 4.78 is 0.619. The first-order valence-electron chi connectivity index (χ1n) is 5.45. The molecular formula is C13H11IN2O2S. The molecule has 0 bridgehead atoms. The minimum atomic E-state index is -0.375. The van der Waals surface area contributed by atoms with Crippen molar-refractivity contribution in [3.8, 4) is 0 Å². The van der Waals surface area contributed by atoms with Gasteiger partial charge in [-0.15, -0.1) is 11.8 Å². The van der Waals surface area contributed by atoms with E-state index in [1.54, 1.807) is 23.9 Å². The number of nitrogens with zero attached hydrogens (tertiary/aromatic N) is 1. The van der Waals surface area contributed by atoms with E-state index in [0.717, 1.165) is 11.4 Å². The summed E-state index contributed by atoms with van der Waals surface area (Å²) in [7, 11) is 0. The highest BCUT2D eigenvalue weighted by Gasteiger charge is 2.11. The van der Waals surface area contributed by atoms with Crippen LogP contribution in [0.4, 0.5) is 17.1 Å². The van der Waals surface area contributed by atoms with Crippen molar-refractivity contribution in [2.75, 3.05) is 11.6 Å². The number of thioether (sulfide) groups is 1. The molecule has 0 spiro atoms. The Balaban J connectivity index is 2.23. The average molecular weight is 386 g/mol. The molecule has 2 aromatic rings. The number of hydrogen-bond donors (Lipinski definition) is 1. The molecule has 4 nitrogen and oxygen atoms in total. The van der Waals surface area contributed by atoms with E-state index in [2.05, 4.69) is 5.32 Å². The summed E-state index contributed by atoms with van der Waals surface area (Å²) in [5, 5.41) is 14.0. The lowest BCUT2D eigenvalue weighted by molar-refractivity contribution is -0.385. The fourth-order valence-corrected chi connectivity index (χ4v) is 2.77. The zero-order chi connectivity index (χ0) is 13.8. The lowest BCUT2D eigenvalue weighted by Gasteiger charge is -2.08. The fraction of sp³-hybridized carbons (Fsp3) is 0.0769. The van der Waals surface area contributed by atoms with Crippen LogP contribution in [0.15, 0.2) is 47.4 Å². The van der Waals surface area contributed by atoms with Gasteiger partial charge in [0.05, 0.1) is 8.49 Å². The van der Waals surface area contributed by atoms with Gasteiger partial charge >= 0.3 is 0 Å². The lowest BCUT2D eigenvalue weighted by Crippen LogP contribution is -1.94. The van der Waals surface area contributed by atoms with Gasteiger partial charge in [-0.25, -0.2) is 0 Å². The highest BCUT2D eigenvalue weighted by molar-refractivity contribution is 14.1. The van der Waals surface area contributed by atoms with Crippen molar-refractivity contribution in [1.29, 1.82) is 0 Å². The quantitative estimate of drug-likeness (QED) is 0.359. The predicted octanol–water partition coefficient (Wildman–Crippen LogP) is 4.66. The molecule has 0 amide bonds. The predicted molar refractivity (Wildman–Crippen MR) is 87.3 cm³/mol. The second-order valence-corrected chi connectivity index (χ2v) is 5.82. The Morgan fingerprint density at radius 3 is 2.58 bits per heavy atom. The molecule has 98 valence electrons. The van der Waals surface area contributed by atoms with Gasteiger partial charge in [-0.2, -0.15) is 0 Å². The number of benzene rings is 2. The molecule has 0 radical (unpaired) electrons. The largest absolute Gasteiger partial charge is 0.355 e. The van der Waals surface area contributed by atoms with Gasteiger partial charge in [0.15, 0.2) is 0 Å². The minimum absolute atomic E-state index is 0.129. The average Bonchev–Trinajstić information content (AvgIpc) is 2.38. The van der Waals surface area contributed by atoms with Gasteiger partial charge in [0, 0.05) is 22.3 Å². The Kier molecular flexibility index (Phi) is 4.65. The number of anilines is 2. The summed E-state index contributed by atoms with van der Waals surface area (Å²) >= 11 is 3.64. The summed E-state index contributed by atoms with van der Waals surface area (Å²) in [6.07, 6.45) is 2.02. The first-order valence-corrected chi connectivity index (χ1v) is 7.75. The molecule has 0 aliphatic heterocycles. The van der Waals surface area contributed by atoms with Crippen LogP contribution in [0.25, 0.3) is 0 Å². The van der Waals surface area contributed by atoms with Crippen LogP contribution in [-0.2, 0) is 0 Å². The van der Waals surface area contributed by atoms with Crippen molar-refractivity contribution in [3.05, 3.63) is 56.1 Å². The molecule has 0 atom stereocenters. The molecular weight excluding hydrogens is 375 g/mol. The highest BCUT2D eigenvalue weighted by Crippen LogP contribution is 2.27. The first-order chi connectivity index (χ1) is 9.10. The molecule has 0 saturated heterocycles. The van der Waals surface area contributed by atoms with Gasteiger partial charge in [-0.05, 0) is 59.2 Å². The number of nitrogens with one attached hydrogen (secondary N) is 1. The van der Waals surface area contributed by atoms with Crippen LogP contribution < -0.4 is 5.32 Å². The SMILES string of the molecule is CSc1cccc(Nc2ccc([N+](=O)[O-])c(I)c2)c1. The van der Waals surface area contributed by atoms with Gasteiger partial charge in [0.2, 0.25) is 0 Å². The molecule has 0 aliphatic rings. The van der Waals surface area contributed by atoms with E-state index >= 15 is 0 Å². The maximum Gasteiger partial charge on any atom is 0.282 e. The molecule has 0 saturated carbocycles. The zero-order valence-electron chi connectivity index (χ0n) is 10.1. The van der Waals surface area contributed by atoms with Crippen molar-refractivity contribution in [3.63, 3.8) is 0 Å². The molecule has 0 fully saturated rings. The normalized spacial score (nSPS) is 10.2. The van der Waals surface area contributed by atoms with Crippen LogP contribution in [0.2, 0.25) is 0 Å². The Hall–Kier alpha value is -1.28. The maximum absolute atomic E-state index is 10.8. The third-order valence-electron chi connectivity index (χ3n) is 2.50. The summed E-state index contributed by atoms with van der Waals surface area (Å²) in [5.74, 6) is 0. The number of rotatable bonds is 4. The molecule has 19 heavy (non-hydrogen) atoms. The van der Waals surface area contributed by atoms with E-state index in [1.807, 2.05) is 53.1 Å². The molecule has 0 unspecified atom stereocenters. The second-order valence-electron chi connectivity index (χ2n) is 3.78. The van der Waals surface area contributed by atoms with Crippen LogP contribution >= 0.6 is 34.4 Å². The smallest absolute Gasteiger partial charge is 0.282 e. The molecule has 0 heterocycles. The van der Waals surface area contributed by atoms with Gasteiger partial charge in [0.25, 0.3) is 5.69 Å². The number of nitro benzene ring substituents is 1. The van der Waals surface area contributed by atoms with E-state index in [1.165, 1.54) is 11.0 Å². The third-order valence-corrected chi connectivity index (χ3v) is 4.09. The van der Waals surface area contributed by atoms with Crippen molar-refractivity contribution < 1.29 is 4.92 Å². The lowest BCUT2D eigenvalue weighted by atomic mass is 10.2. The number of halogens is 1. The van der Waals surface area contributed by atoms with Gasteiger partial charge in [0.1, 0.15) is 0 Å². The summed E-state index contributed by atoms with van der Waals surface area (Å²) in [4.78, 5) is 11.5.